The standard InChI is InChI=1S/C16H19BrN4O4/c1-7-6-21-10-5-18-11(17)3-9(10)4-16(12(21)8(2)25-7)13(22)19-15(24)20-14(16)23/h3,5,7-8,11-12,18H,4,6H2,1-2H3,(H2,19,20,22,23,24)/t7-,8+,11?,12-/m1/s1. The molecule has 3 saturated heterocycles. The third-order valence-corrected chi connectivity index (χ3v) is 5.81. The maximum Gasteiger partial charge on any atom is 0.328 e. The lowest BCUT2D eigenvalue weighted by atomic mass is 9.65. The number of imide groups is 2. The molecule has 4 heterocycles. The van der Waals surface area contributed by atoms with Gasteiger partial charge in [-0.15, -0.1) is 0 Å². The maximum atomic E-state index is 12.9. The highest BCUT2D eigenvalue weighted by Crippen LogP contribution is 2.48. The second-order valence-electron chi connectivity index (χ2n) is 6.92. The van der Waals surface area contributed by atoms with E-state index in [1.54, 1.807) is 0 Å². The molecule has 3 N–H and O–H groups in total. The number of urea groups is 1. The van der Waals surface area contributed by atoms with Gasteiger partial charge in [0, 0.05) is 12.7 Å². The Kier molecular flexibility index (Phi) is 3.69. The molecular weight excluding hydrogens is 392 g/mol. The van der Waals surface area contributed by atoms with Gasteiger partial charge in [-0.1, -0.05) is 15.9 Å². The summed E-state index contributed by atoms with van der Waals surface area (Å²) in [5.74, 6) is -1.13. The monoisotopic (exact) mass is 410 g/mol. The number of hydrogen-bond donors (Lipinski definition) is 3. The van der Waals surface area contributed by atoms with Crippen LogP contribution in [-0.4, -0.2) is 52.5 Å². The molecule has 8 nitrogen and oxygen atoms in total. The van der Waals surface area contributed by atoms with E-state index in [1.807, 2.05) is 26.1 Å². The molecule has 4 rings (SSSR count). The minimum Gasteiger partial charge on any atom is -0.374 e. The van der Waals surface area contributed by atoms with Crippen LogP contribution in [0.1, 0.15) is 20.3 Å². The number of nitrogens with one attached hydrogen (secondary N) is 3. The molecule has 1 unspecified atom stereocenters. The van der Waals surface area contributed by atoms with E-state index < -0.39 is 29.3 Å². The molecule has 0 aromatic rings. The Labute approximate surface area is 153 Å². The molecule has 3 fully saturated rings. The number of allylic oxidation sites excluding steroid dienone is 1. The molecule has 134 valence electrons. The number of hydrogen-bond acceptors (Lipinski definition) is 6. The number of rotatable bonds is 0. The van der Waals surface area contributed by atoms with E-state index in [0.717, 1.165) is 11.3 Å². The zero-order chi connectivity index (χ0) is 17.9. The summed E-state index contributed by atoms with van der Waals surface area (Å²) in [4.78, 5) is 39.3. The molecule has 4 aliphatic rings. The molecule has 25 heavy (non-hydrogen) atoms. The van der Waals surface area contributed by atoms with E-state index in [1.165, 1.54) is 0 Å². The van der Waals surface area contributed by atoms with Crippen molar-refractivity contribution in [1.82, 2.24) is 20.9 Å². The summed E-state index contributed by atoms with van der Waals surface area (Å²) in [6, 6.07) is -1.27. The minimum atomic E-state index is -1.40. The molecular formula is C16H19BrN4O4. The van der Waals surface area contributed by atoms with Crippen LogP contribution in [0, 0.1) is 5.41 Å². The third-order valence-electron chi connectivity index (χ3n) is 5.29. The molecule has 0 aromatic carbocycles. The smallest absolute Gasteiger partial charge is 0.328 e. The summed E-state index contributed by atoms with van der Waals surface area (Å²) in [7, 11) is 0. The number of halogens is 1. The lowest BCUT2D eigenvalue weighted by molar-refractivity contribution is -0.170. The summed E-state index contributed by atoms with van der Waals surface area (Å²) in [5.41, 5.74) is 0.462. The molecule has 1 spiro atoms. The van der Waals surface area contributed by atoms with Crippen LogP contribution < -0.4 is 16.0 Å². The number of carbonyl (C=O) groups excluding carboxylic acids is 3. The van der Waals surface area contributed by atoms with Crippen LogP contribution in [0.3, 0.4) is 0 Å². The molecule has 0 aromatic heterocycles. The Balaban J connectivity index is 1.86. The molecule has 0 saturated carbocycles. The third kappa shape index (κ3) is 2.32. The Bertz CT molecular complexity index is 714. The van der Waals surface area contributed by atoms with Gasteiger partial charge >= 0.3 is 6.03 Å². The van der Waals surface area contributed by atoms with Gasteiger partial charge in [0.15, 0.2) is 5.41 Å². The Morgan fingerprint density at radius 3 is 2.60 bits per heavy atom. The fourth-order valence-corrected chi connectivity index (χ4v) is 4.87. The van der Waals surface area contributed by atoms with Gasteiger partial charge in [-0.2, -0.15) is 0 Å². The first-order valence-electron chi connectivity index (χ1n) is 8.23. The van der Waals surface area contributed by atoms with Crippen molar-refractivity contribution in [1.29, 1.82) is 0 Å². The van der Waals surface area contributed by atoms with E-state index in [2.05, 4.69) is 36.8 Å². The largest absolute Gasteiger partial charge is 0.374 e. The predicted molar refractivity (Wildman–Crippen MR) is 91.3 cm³/mol. The zero-order valence-electron chi connectivity index (χ0n) is 13.8. The van der Waals surface area contributed by atoms with Gasteiger partial charge in [0.25, 0.3) is 0 Å². The van der Waals surface area contributed by atoms with Crippen LogP contribution in [0.5, 0.6) is 0 Å². The van der Waals surface area contributed by atoms with Crippen molar-refractivity contribution in [3.8, 4) is 0 Å². The van der Waals surface area contributed by atoms with Crippen molar-refractivity contribution >= 4 is 33.8 Å². The normalized spacial score (nSPS) is 36.4. The van der Waals surface area contributed by atoms with E-state index in [9.17, 15) is 14.4 Å². The van der Waals surface area contributed by atoms with Gasteiger partial charge < -0.3 is 15.0 Å². The van der Waals surface area contributed by atoms with Gasteiger partial charge in [-0.3, -0.25) is 20.2 Å². The number of alkyl halides is 1. The number of piperidine rings is 1. The number of dihydropyridines is 1. The summed E-state index contributed by atoms with van der Waals surface area (Å²) >= 11 is 3.48. The quantitative estimate of drug-likeness (QED) is 0.302. The highest BCUT2D eigenvalue weighted by Gasteiger charge is 2.63. The average molecular weight is 411 g/mol. The Hall–Kier alpha value is -1.87. The van der Waals surface area contributed by atoms with Gasteiger partial charge in [0.1, 0.15) is 4.95 Å². The molecule has 9 heteroatoms. The van der Waals surface area contributed by atoms with Crippen molar-refractivity contribution in [3.05, 3.63) is 23.5 Å². The van der Waals surface area contributed by atoms with E-state index in [0.29, 0.717) is 6.54 Å². The summed E-state index contributed by atoms with van der Waals surface area (Å²) in [6.07, 6.45) is 3.69. The molecule has 0 aliphatic carbocycles. The molecule has 4 aliphatic heterocycles. The van der Waals surface area contributed by atoms with Crippen LogP contribution in [0.2, 0.25) is 0 Å². The van der Waals surface area contributed by atoms with E-state index >= 15 is 0 Å². The van der Waals surface area contributed by atoms with Gasteiger partial charge in [0.05, 0.1) is 23.9 Å². The maximum absolute atomic E-state index is 12.9. The SMILES string of the molecule is C[C@@H]1CN2C3=CNC(Br)C=C3CC3(C(=O)NC(=O)NC3=O)[C@H]2[C@H](C)O1. The number of ether oxygens (including phenoxy) is 1. The number of amides is 4. The number of fused-ring (bicyclic) bond motifs is 4. The summed E-state index contributed by atoms with van der Waals surface area (Å²) < 4.78 is 5.94. The molecule has 4 atom stereocenters. The second-order valence-corrected chi connectivity index (χ2v) is 7.91. The van der Waals surface area contributed by atoms with Crippen LogP contribution in [0.4, 0.5) is 4.79 Å². The van der Waals surface area contributed by atoms with Gasteiger partial charge in [0.2, 0.25) is 11.8 Å². The van der Waals surface area contributed by atoms with E-state index in [4.69, 9.17) is 4.74 Å². The molecule has 0 radical (unpaired) electrons. The van der Waals surface area contributed by atoms with Crippen molar-refractivity contribution in [2.24, 2.45) is 5.41 Å². The Morgan fingerprint density at radius 1 is 1.24 bits per heavy atom. The molecule has 4 amide bonds. The Morgan fingerprint density at radius 2 is 1.92 bits per heavy atom. The minimum absolute atomic E-state index is 0.0402. The van der Waals surface area contributed by atoms with Crippen molar-refractivity contribution < 1.29 is 19.1 Å². The molecule has 0 bridgehead atoms. The number of morpholine rings is 1. The predicted octanol–water partition coefficient (Wildman–Crippen LogP) is 0.312. The number of carbonyl (C=O) groups is 3. The van der Waals surface area contributed by atoms with Crippen LogP contribution >= 0.6 is 15.9 Å². The second kappa shape index (κ2) is 5.57. The van der Waals surface area contributed by atoms with Crippen molar-refractivity contribution in [3.63, 3.8) is 0 Å². The average Bonchev–Trinajstić information content (AvgIpc) is 2.51. The summed E-state index contributed by atoms with van der Waals surface area (Å²) in [5, 5.41) is 7.76. The first kappa shape index (κ1) is 16.6. The first-order valence-corrected chi connectivity index (χ1v) is 9.15. The lowest BCUT2D eigenvalue weighted by Gasteiger charge is -2.56. The highest BCUT2D eigenvalue weighted by atomic mass is 79.9. The zero-order valence-corrected chi connectivity index (χ0v) is 15.4. The van der Waals surface area contributed by atoms with Crippen LogP contribution in [0.25, 0.3) is 0 Å². The number of nitrogens with zero attached hydrogens (tertiary/aromatic N) is 1. The van der Waals surface area contributed by atoms with Gasteiger partial charge in [-0.25, -0.2) is 4.79 Å². The van der Waals surface area contributed by atoms with Crippen LogP contribution in [-0.2, 0) is 14.3 Å². The lowest BCUT2D eigenvalue weighted by Crippen LogP contribution is -2.74. The van der Waals surface area contributed by atoms with E-state index in [-0.39, 0.29) is 23.6 Å². The van der Waals surface area contributed by atoms with Crippen molar-refractivity contribution in [2.75, 3.05) is 6.54 Å². The first-order chi connectivity index (χ1) is 11.8. The fraction of sp³-hybridized carbons (Fsp3) is 0.562. The fourth-order valence-electron chi connectivity index (χ4n) is 4.42. The number of barbiturate groups is 1. The van der Waals surface area contributed by atoms with Crippen LogP contribution in [0.15, 0.2) is 23.5 Å². The summed E-state index contributed by atoms with van der Waals surface area (Å²) in [6.45, 7) is 4.39. The highest BCUT2D eigenvalue weighted by molar-refractivity contribution is 9.09. The van der Waals surface area contributed by atoms with Gasteiger partial charge in [-0.05, 0) is 31.9 Å². The topological polar surface area (TPSA) is 99.8 Å². The van der Waals surface area contributed by atoms with Crippen molar-refractivity contribution in [2.45, 2.75) is 43.5 Å².